The molecule has 0 amide bonds. The second-order valence-electron chi connectivity index (χ2n) is 8.96. The van der Waals surface area contributed by atoms with Crippen molar-refractivity contribution in [1.29, 1.82) is 0 Å². The number of rotatable bonds is 7. The standard InChI is InChI=1S/C26H38N2OS/c1-19(2)30(29,20(3)4)26-11-7-9-24(17-26)21(5)28-14-12-23(13-15-28)25-10-6-8-22(16-25)18-27/h6-11,16-17,19-20,23,29H,5,12-15,18,27H2,1-4H3. The van der Waals surface area contributed by atoms with E-state index < -0.39 is 10.3 Å². The van der Waals surface area contributed by atoms with Gasteiger partial charge in [0.2, 0.25) is 0 Å². The zero-order valence-electron chi connectivity index (χ0n) is 19.0. The maximum Gasteiger partial charge on any atom is 0.0367 e. The van der Waals surface area contributed by atoms with E-state index in [1.165, 1.54) is 11.1 Å². The van der Waals surface area contributed by atoms with Gasteiger partial charge < -0.3 is 15.2 Å². The van der Waals surface area contributed by atoms with Gasteiger partial charge in [0, 0.05) is 40.7 Å². The summed E-state index contributed by atoms with van der Waals surface area (Å²) in [4.78, 5) is 3.47. The number of likely N-dealkylation sites (tertiary alicyclic amines) is 1. The highest BCUT2D eigenvalue weighted by atomic mass is 32.3. The molecule has 1 aliphatic rings. The lowest BCUT2D eigenvalue weighted by molar-refractivity contribution is 0.299. The molecule has 0 bridgehead atoms. The monoisotopic (exact) mass is 426 g/mol. The van der Waals surface area contributed by atoms with E-state index in [4.69, 9.17) is 5.73 Å². The zero-order chi connectivity index (χ0) is 21.9. The van der Waals surface area contributed by atoms with E-state index in [1.54, 1.807) is 0 Å². The summed E-state index contributed by atoms with van der Waals surface area (Å²) in [6.45, 7) is 15.5. The summed E-state index contributed by atoms with van der Waals surface area (Å²) < 4.78 is 11.5. The lowest BCUT2D eigenvalue weighted by Crippen LogP contribution is -2.31. The van der Waals surface area contributed by atoms with Crippen molar-refractivity contribution in [2.24, 2.45) is 5.73 Å². The van der Waals surface area contributed by atoms with Crippen LogP contribution in [0.4, 0.5) is 0 Å². The van der Waals surface area contributed by atoms with Crippen LogP contribution in [0.25, 0.3) is 5.70 Å². The van der Waals surface area contributed by atoms with Crippen molar-refractivity contribution in [3.63, 3.8) is 0 Å². The molecule has 30 heavy (non-hydrogen) atoms. The van der Waals surface area contributed by atoms with Gasteiger partial charge >= 0.3 is 0 Å². The van der Waals surface area contributed by atoms with Crippen molar-refractivity contribution in [1.82, 2.24) is 4.90 Å². The maximum absolute atomic E-state index is 11.5. The van der Waals surface area contributed by atoms with Crippen LogP contribution in [-0.2, 0) is 6.54 Å². The fourth-order valence-electron chi connectivity index (χ4n) is 4.61. The molecule has 164 valence electrons. The van der Waals surface area contributed by atoms with Crippen molar-refractivity contribution >= 4 is 16.0 Å². The van der Waals surface area contributed by atoms with Crippen LogP contribution in [0.1, 0.15) is 63.1 Å². The van der Waals surface area contributed by atoms with Gasteiger partial charge in [-0.3, -0.25) is 0 Å². The summed E-state index contributed by atoms with van der Waals surface area (Å²) >= 11 is 0. The molecule has 1 heterocycles. The topological polar surface area (TPSA) is 49.5 Å². The molecule has 4 heteroatoms. The predicted octanol–water partition coefficient (Wildman–Crippen LogP) is 6.45. The Bertz CT molecular complexity index is 861. The van der Waals surface area contributed by atoms with Crippen LogP contribution in [0.3, 0.4) is 0 Å². The van der Waals surface area contributed by atoms with Crippen molar-refractivity contribution in [3.8, 4) is 0 Å². The molecule has 3 rings (SSSR count). The number of nitrogens with two attached hydrogens (primary N) is 1. The minimum absolute atomic E-state index is 0.223. The van der Waals surface area contributed by atoms with Gasteiger partial charge in [0.25, 0.3) is 0 Å². The Labute approximate surface area is 184 Å². The molecular weight excluding hydrogens is 388 g/mol. The summed E-state index contributed by atoms with van der Waals surface area (Å²) in [6.07, 6.45) is 2.25. The number of hydrogen-bond donors (Lipinski definition) is 2. The third kappa shape index (κ3) is 4.61. The normalized spacial score (nSPS) is 16.3. The van der Waals surface area contributed by atoms with E-state index >= 15 is 0 Å². The first-order valence-electron chi connectivity index (χ1n) is 11.1. The Kier molecular flexibility index (Phi) is 7.33. The van der Waals surface area contributed by atoms with Crippen molar-refractivity contribution in [2.75, 3.05) is 13.1 Å². The van der Waals surface area contributed by atoms with Gasteiger partial charge in [-0.1, -0.05) is 70.7 Å². The SMILES string of the molecule is C=C(c1cccc(S(O)(C(C)C)C(C)C)c1)N1CCC(c2cccc(CN)c2)CC1. The van der Waals surface area contributed by atoms with Crippen molar-refractivity contribution < 1.29 is 4.55 Å². The van der Waals surface area contributed by atoms with Crippen LogP contribution >= 0.6 is 10.3 Å². The lowest BCUT2D eigenvalue weighted by atomic mass is 9.88. The molecule has 1 aliphatic heterocycles. The largest absolute Gasteiger partial charge is 0.371 e. The van der Waals surface area contributed by atoms with E-state index in [2.05, 4.69) is 87.7 Å². The average Bonchev–Trinajstić information content (AvgIpc) is 2.78. The molecule has 0 atom stereocenters. The molecule has 0 spiro atoms. The number of benzene rings is 2. The highest BCUT2D eigenvalue weighted by molar-refractivity contribution is 8.30. The smallest absolute Gasteiger partial charge is 0.0367 e. The Morgan fingerprint density at radius 2 is 1.70 bits per heavy atom. The van der Waals surface area contributed by atoms with Gasteiger partial charge in [-0.2, -0.15) is 0 Å². The number of piperidine rings is 1. The Morgan fingerprint density at radius 1 is 1.07 bits per heavy atom. The highest BCUT2D eigenvalue weighted by Gasteiger charge is 2.31. The van der Waals surface area contributed by atoms with Crippen LogP contribution in [0, 0.1) is 0 Å². The second kappa shape index (κ2) is 9.59. The first-order valence-corrected chi connectivity index (χ1v) is 12.9. The van der Waals surface area contributed by atoms with E-state index in [1.807, 2.05) is 0 Å². The van der Waals surface area contributed by atoms with Gasteiger partial charge in [0.15, 0.2) is 0 Å². The first-order chi connectivity index (χ1) is 14.3. The fourth-order valence-corrected chi connectivity index (χ4v) is 7.40. The molecule has 3 N–H and O–H groups in total. The van der Waals surface area contributed by atoms with Crippen LogP contribution in [0.2, 0.25) is 0 Å². The van der Waals surface area contributed by atoms with Gasteiger partial charge in [-0.15, -0.1) is 10.3 Å². The molecule has 3 nitrogen and oxygen atoms in total. The fraction of sp³-hybridized carbons (Fsp3) is 0.462. The van der Waals surface area contributed by atoms with Gasteiger partial charge in [0.05, 0.1) is 0 Å². The summed E-state index contributed by atoms with van der Waals surface area (Å²) in [5.74, 6) is 0.586. The number of nitrogens with zero attached hydrogens (tertiary/aromatic N) is 1. The quantitative estimate of drug-likeness (QED) is 0.535. The van der Waals surface area contributed by atoms with Gasteiger partial charge in [-0.05, 0) is 47.6 Å². The highest BCUT2D eigenvalue weighted by Crippen LogP contribution is 2.59. The average molecular weight is 427 g/mol. The molecule has 0 aliphatic carbocycles. The van der Waals surface area contributed by atoms with Crippen LogP contribution in [-0.4, -0.2) is 33.0 Å². The van der Waals surface area contributed by atoms with E-state index in [9.17, 15) is 4.55 Å². The van der Waals surface area contributed by atoms with Crippen molar-refractivity contribution in [2.45, 2.75) is 68.4 Å². The molecule has 1 fully saturated rings. The summed E-state index contributed by atoms with van der Waals surface area (Å²) in [7, 11) is -1.86. The van der Waals surface area contributed by atoms with E-state index in [0.29, 0.717) is 12.5 Å². The van der Waals surface area contributed by atoms with Gasteiger partial charge in [-0.25, -0.2) is 0 Å². The molecule has 2 aromatic rings. The van der Waals surface area contributed by atoms with E-state index in [0.717, 1.165) is 42.1 Å². The van der Waals surface area contributed by atoms with Crippen LogP contribution < -0.4 is 5.73 Å². The molecular formula is C26H38N2OS. The Hall–Kier alpha value is -1.75. The van der Waals surface area contributed by atoms with E-state index in [-0.39, 0.29) is 10.5 Å². The molecule has 0 radical (unpaired) electrons. The maximum atomic E-state index is 11.5. The Balaban J connectivity index is 1.72. The Morgan fingerprint density at radius 3 is 2.30 bits per heavy atom. The summed E-state index contributed by atoms with van der Waals surface area (Å²) in [5.41, 5.74) is 10.6. The third-order valence-corrected chi connectivity index (χ3v) is 10.4. The third-order valence-electron chi connectivity index (χ3n) is 6.52. The van der Waals surface area contributed by atoms with Crippen molar-refractivity contribution in [3.05, 3.63) is 71.8 Å². The molecule has 0 unspecified atom stereocenters. The molecule has 2 aromatic carbocycles. The second-order valence-corrected chi connectivity index (χ2v) is 12.7. The summed E-state index contributed by atoms with van der Waals surface area (Å²) in [6, 6.07) is 17.2. The minimum Gasteiger partial charge on any atom is -0.371 e. The van der Waals surface area contributed by atoms with Crippen LogP contribution in [0.5, 0.6) is 0 Å². The van der Waals surface area contributed by atoms with Crippen LogP contribution in [0.15, 0.2) is 60.0 Å². The summed E-state index contributed by atoms with van der Waals surface area (Å²) in [5, 5.41) is 0.446. The lowest BCUT2D eigenvalue weighted by Gasteiger charge is -2.42. The molecule has 1 saturated heterocycles. The zero-order valence-corrected chi connectivity index (χ0v) is 19.8. The molecule has 0 aromatic heterocycles. The molecule has 0 saturated carbocycles. The first kappa shape index (κ1) is 22.9. The minimum atomic E-state index is -1.86. The number of hydrogen-bond acceptors (Lipinski definition) is 3. The predicted molar refractivity (Wildman–Crippen MR) is 132 cm³/mol. The van der Waals surface area contributed by atoms with Gasteiger partial charge in [0.1, 0.15) is 0 Å².